The number of aryl methyl sites for hydroxylation is 1. The zero-order valence-electron chi connectivity index (χ0n) is 17.5. The molecule has 0 spiro atoms. The Bertz CT molecular complexity index is 1070. The van der Waals surface area contributed by atoms with Crippen LogP contribution < -0.4 is 0 Å². The molecule has 1 aliphatic carbocycles. The van der Waals surface area contributed by atoms with Gasteiger partial charge >= 0.3 is 0 Å². The quantitative estimate of drug-likeness (QED) is 0.481. The van der Waals surface area contributed by atoms with Gasteiger partial charge in [0.25, 0.3) is 0 Å². The lowest BCUT2D eigenvalue weighted by molar-refractivity contribution is -0.123. The summed E-state index contributed by atoms with van der Waals surface area (Å²) < 4.78 is 41.1. The smallest absolute Gasteiger partial charge is 0.238 e. The molecule has 0 atom stereocenters. The molecule has 1 aliphatic rings. The van der Waals surface area contributed by atoms with E-state index >= 15 is 0 Å². The van der Waals surface area contributed by atoms with E-state index in [1.165, 1.54) is 12.3 Å². The standard InChI is InChI=1S/C24H26F3N3O/c1-30-14-19(12-29-30)17-8-18-9-20(28-13-21(18)22(25)10-17)11-23(31)16-5-2-15(3-6-16)4-7-24(26)27/h8-10,12-16,24H,2-7,11H2,1H3. The highest BCUT2D eigenvalue weighted by atomic mass is 19.3. The van der Waals surface area contributed by atoms with Crippen LogP contribution in [0.4, 0.5) is 13.2 Å². The Morgan fingerprint density at radius 1 is 1.13 bits per heavy atom. The fraction of sp³-hybridized carbons (Fsp3) is 0.458. The SMILES string of the molecule is Cn1cc(-c2cc(F)c3cnc(CC(=O)C4CCC(CCC(F)F)CC4)cc3c2)cn1. The molecule has 0 amide bonds. The monoisotopic (exact) mass is 429 g/mol. The summed E-state index contributed by atoms with van der Waals surface area (Å²) in [6, 6.07) is 5.14. The third-order valence-electron chi connectivity index (χ3n) is 6.33. The minimum Gasteiger partial charge on any atom is -0.299 e. The molecule has 0 saturated heterocycles. The molecular weight excluding hydrogens is 403 g/mol. The van der Waals surface area contributed by atoms with E-state index in [0.29, 0.717) is 28.8 Å². The first kappa shape index (κ1) is 21.5. The van der Waals surface area contributed by atoms with E-state index in [2.05, 4.69) is 10.1 Å². The topological polar surface area (TPSA) is 47.8 Å². The van der Waals surface area contributed by atoms with E-state index in [4.69, 9.17) is 0 Å². The van der Waals surface area contributed by atoms with Crippen molar-refractivity contribution in [2.45, 2.75) is 51.4 Å². The molecule has 7 heteroatoms. The van der Waals surface area contributed by atoms with E-state index in [1.54, 1.807) is 24.0 Å². The van der Waals surface area contributed by atoms with Crippen LogP contribution in [0.2, 0.25) is 0 Å². The lowest BCUT2D eigenvalue weighted by atomic mass is 9.77. The fourth-order valence-electron chi connectivity index (χ4n) is 4.55. The second-order valence-corrected chi connectivity index (χ2v) is 8.59. The molecule has 0 aliphatic heterocycles. The average molecular weight is 429 g/mol. The van der Waals surface area contributed by atoms with Crippen molar-refractivity contribution in [1.82, 2.24) is 14.8 Å². The maximum Gasteiger partial charge on any atom is 0.238 e. The largest absolute Gasteiger partial charge is 0.299 e. The lowest BCUT2D eigenvalue weighted by Crippen LogP contribution is -2.23. The van der Waals surface area contributed by atoms with Crippen LogP contribution in [-0.2, 0) is 18.3 Å². The number of Topliss-reactive ketones (excluding diaryl/α,β-unsaturated/α-hetero) is 1. The molecule has 3 aromatic rings. The van der Waals surface area contributed by atoms with Crippen LogP contribution in [0.15, 0.2) is 36.8 Å². The van der Waals surface area contributed by atoms with Crippen LogP contribution in [0, 0.1) is 17.7 Å². The van der Waals surface area contributed by atoms with Crippen LogP contribution in [0.1, 0.15) is 44.2 Å². The molecule has 1 saturated carbocycles. The van der Waals surface area contributed by atoms with Crippen molar-refractivity contribution in [3.05, 3.63) is 48.3 Å². The van der Waals surface area contributed by atoms with Gasteiger partial charge in [0.2, 0.25) is 6.43 Å². The van der Waals surface area contributed by atoms with Gasteiger partial charge in [-0.15, -0.1) is 0 Å². The highest BCUT2D eigenvalue weighted by molar-refractivity contribution is 5.89. The van der Waals surface area contributed by atoms with Crippen LogP contribution in [0.3, 0.4) is 0 Å². The van der Waals surface area contributed by atoms with Crippen molar-refractivity contribution in [3.63, 3.8) is 0 Å². The van der Waals surface area contributed by atoms with Gasteiger partial charge in [-0.3, -0.25) is 14.5 Å². The van der Waals surface area contributed by atoms with E-state index in [0.717, 1.165) is 36.8 Å². The summed E-state index contributed by atoms with van der Waals surface area (Å²) in [6.07, 6.45) is 6.59. The number of rotatable bonds is 7. The van der Waals surface area contributed by atoms with Crippen LogP contribution in [-0.4, -0.2) is 27.0 Å². The Hall–Kier alpha value is -2.70. The van der Waals surface area contributed by atoms with Gasteiger partial charge in [-0.1, -0.05) is 0 Å². The molecule has 164 valence electrons. The second kappa shape index (κ2) is 9.20. The summed E-state index contributed by atoms with van der Waals surface area (Å²) in [5.74, 6) is 0.0244. The number of aromatic nitrogens is 3. The van der Waals surface area contributed by atoms with E-state index < -0.39 is 6.43 Å². The number of benzene rings is 1. The van der Waals surface area contributed by atoms with Gasteiger partial charge in [0, 0.05) is 54.8 Å². The van der Waals surface area contributed by atoms with Crippen molar-refractivity contribution < 1.29 is 18.0 Å². The summed E-state index contributed by atoms with van der Waals surface area (Å²) in [7, 11) is 1.81. The maximum absolute atomic E-state index is 14.6. The lowest BCUT2D eigenvalue weighted by Gasteiger charge is -2.27. The Balaban J connectivity index is 1.44. The maximum atomic E-state index is 14.6. The fourth-order valence-corrected chi connectivity index (χ4v) is 4.55. The Morgan fingerprint density at radius 3 is 2.58 bits per heavy atom. The summed E-state index contributed by atoms with van der Waals surface area (Å²) in [6.45, 7) is 0. The zero-order chi connectivity index (χ0) is 22.0. The van der Waals surface area contributed by atoms with Gasteiger partial charge in [0.15, 0.2) is 0 Å². The number of alkyl halides is 2. The Kier molecular flexibility index (Phi) is 6.39. The summed E-state index contributed by atoms with van der Waals surface area (Å²) in [4.78, 5) is 17.1. The first-order chi connectivity index (χ1) is 14.9. The van der Waals surface area contributed by atoms with Crippen molar-refractivity contribution in [1.29, 1.82) is 0 Å². The molecule has 4 rings (SSSR count). The number of ketones is 1. The molecule has 0 radical (unpaired) electrons. The summed E-state index contributed by atoms with van der Waals surface area (Å²) in [5, 5.41) is 5.26. The van der Waals surface area contributed by atoms with Crippen molar-refractivity contribution in [3.8, 4) is 11.1 Å². The highest BCUT2D eigenvalue weighted by Gasteiger charge is 2.27. The van der Waals surface area contributed by atoms with Crippen LogP contribution >= 0.6 is 0 Å². The average Bonchev–Trinajstić information content (AvgIpc) is 3.18. The summed E-state index contributed by atoms with van der Waals surface area (Å²) >= 11 is 0. The van der Waals surface area contributed by atoms with Crippen molar-refractivity contribution in [2.24, 2.45) is 18.9 Å². The molecule has 2 aromatic heterocycles. The van der Waals surface area contributed by atoms with Gasteiger partial charge in [0.05, 0.1) is 6.20 Å². The van der Waals surface area contributed by atoms with Crippen molar-refractivity contribution >= 4 is 16.6 Å². The molecule has 31 heavy (non-hydrogen) atoms. The molecule has 1 aromatic carbocycles. The number of halogens is 3. The predicted octanol–water partition coefficient (Wildman–Crippen LogP) is 5.74. The number of carbonyl (C=O) groups excluding carboxylic acids is 1. The van der Waals surface area contributed by atoms with Gasteiger partial charge in [-0.2, -0.15) is 5.10 Å². The Labute approximate surface area is 179 Å². The number of fused-ring (bicyclic) bond motifs is 1. The number of pyridine rings is 1. The first-order valence-corrected chi connectivity index (χ1v) is 10.8. The third-order valence-corrected chi connectivity index (χ3v) is 6.33. The first-order valence-electron chi connectivity index (χ1n) is 10.8. The number of carbonyl (C=O) groups is 1. The molecular formula is C24H26F3N3O. The van der Waals surface area contributed by atoms with Gasteiger partial charge in [-0.05, 0) is 67.2 Å². The predicted molar refractivity (Wildman–Crippen MR) is 113 cm³/mol. The molecule has 0 N–H and O–H groups in total. The van der Waals surface area contributed by atoms with Crippen LogP contribution in [0.25, 0.3) is 21.9 Å². The van der Waals surface area contributed by atoms with Crippen LogP contribution in [0.5, 0.6) is 0 Å². The van der Waals surface area contributed by atoms with E-state index in [1.807, 2.05) is 12.3 Å². The molecule has 0 unspecified atom stereocenters. The van der Waals surface area contributed by atoms with Gasteiger partial charge in [-0.25, -0.2) is 13.2 Å². The number of hydrogen-bond donors (Lipinski definition) is 0. The molecule has 1 fully saturated rings. The minimum atomic E-state index is -2.25. The van der Waals surface area contributed by atoms with E-state index in [9.17, 15) is 18.0 Å². The van der Waals surface area contributed by atoms with Gasteiger partial charge < -0.3 is 0 Å². The minimum absolute atomic E-state index is 0.0428. The van der Waals surface area contributed by atoms with Crippen molar-refractivity contribution in [2.75, 3.05) is 0 Å². The molecule has 2 heterocycles. The molecule has 4 nitrogen and oxygen atoms in total. The zero-order valence-corrected chi connectivity index (χ0v) is 17.5. The number of hydrogen-bond acceptors (Lipinski definition) is 3. The Morgan fingerprint density at radius 2 is 1.90 bits per heavy atom. The van der Waals surface area contributed by atoms with Gasteiger partial charge in [0.1, 0.15) is 11.6 Å². The third kappa shape index (κ3) is 5.14. The second-order valence-electron chi connectivity index (χ2n) is 8.59. The van der Waals surface area contributed by atoms with E-state index in [-0.39, 0.29) is 30.4 Å². The normalized spacial score (nSPS) is 19.3. The molecule has 0 bridgehead atoms. The number of nitrogens with zero attached hydrogens (tertiary/aromatic N) is 3. The summed E-state index contributed by atoms with van der Waals surface area (Å²) in [5.41, 5.74) is 2.17. The highest BCUT2D eigenvalue weighted by Crippen LogP contribution is 2.33.